The SMILES string of the molecule is CCCCOc1nc(-c2cccc(Cl)c2)n(C(=O)C(CC)CCCC)n1. The molecule has 0 fully saturated rings. The Labute approximate surface area is 160 Å². The van der Waals surface area contributed by atoms with Gasteiger partial charge in [0.15, 0.2) is 5.82 Å². The molecule has 26 heavy (non-hydrogen) atoms. The van der Waals surface area contributed by atoms with Crippen molar-refractivity contribution in [1.82, 2.24) is 14.8 Å². The number of hydrogen-bond donors (Lipinski definition) is 0. The fraction of sp³-hybridized carbons (Fsp3) is 0.550. The molecule has 1 aromatic heterocycles. The van der Waals surface area contributed by atoms with Crippen LogP contribution in [-0.2, 0) is 0 Å². The van der Waals surface area contributed by atoms with E-state index < -0.39 is 0 Å². The first-order valence-electron chi connectivity index (χ1n) is 9.50. The quantitative estimate of drug-likeness (QED) is 0.503. The smallest absolute Gasteiger partial charge is 0.336 e. The van der Waals surface area contributed by atoms with Crippen molar-refractivity contribution in [2.75, 3.05) is 6.61 Å². The molecule has 0 saturated heterocycles. The lowest BCUT2D eigenvalue weighted by Gasteiger charge is -2.14. The highest BCUT2D eigenvalue weighted by atomic mass is 35.5. The van der Waals surface area contributed by atoms with Gasteiger partial charge in [-0.25, -0.2) is 0 Å². The van der Waals surface area contributed by atoms with Gasteiger partial charge in [-0.1, -0.05) is 63.8 Å². The number of carbonyl (C=O) groups excluding carboxylic acids is 1. The fourth-order valence-electron chi connectivity index (χ4n) is 2.76. The van der Waals surface area contributed by atoms with Crippen molar-refractivity contribution in [3.05, 3.63) is 29.3 Å². The number of halogens is 1. The number of ether oxygens (including phenoxy) is 1. The molecule has 1 unspecified atom stereocenters. The molecule has 6 heteroatoms. The van der Waals surface area contributed by atoms with Crippen molar-refractivity contribution < 1.29 is 9.53 Å². The van der Waals surface area contributed by atoms with Crippen molar-refractivity contribution in [2.45, 2.75) is 59.3 Å². The van der Waals surface area contributed by atoms with Crippen LogP contribution in [0.5, 0.6) is 6.01 Å². The summed E-state index contributed by atoms with van der Waals surface area (Å²) in [6.07, 6.45) is 5.66. The van der Waals surface area contributed by atoms with Crippen molar-refractivity contribution >= 4 is 17.5 Å². The lowest BCUT2D eigenvalue weighted by Crippen LogP contribution is -2.23. The highest BCUT2D eigenvalue weighted by Gasteiger charge is 2.24. The van der Waals surface area contributed by atoms with Crippen LogP contribution >= 0.6 is 11.6 Å². The zero-order valence-corrected chi connectivity index (χ0v) is 16.6. The van der Waals surface area contributed by atoms with Crippen LogP contribution in [0.15, 0.2) is 24.3 Å². The lowest BCUT2D eigenvalue weighted by atomic mass is 9.98. The summed E-state index contributed by atoms with van der Waals surface area (Å²) in [4.78, 5) is 17.5. The van der Waals surface area contributed by atoms with E-state index in [9.17, 15) is 4.79 Å². The molecule has 1 heterocycles. The third-order valence-corrected chi connectivity index (χ3v) is 4.59. The van der Waals surface area contributed by atoms with E-state index in [0.717, 1.165) is 44.1 Å². The molecule has 0 aliphatic rings. The van der Waals surface area contributed by atoms with Gasteiger partial charge in [0.25, 0.3) is 5.91 Å². The largest absolute Gasteiger partial charge is 0.462 e. The molecule has 0 bridgehead atoms. The predicted molar refractivity (Wildman–Crippen MR) is 105 cm³/mol. The van der Waals surface area contributed by atoms with Gasteiger partial charge in [0.2, 0.25) is 0 Å². The van der Waals surface area contributed by atoms with Gasteiger partial charge in [0, 0.05) is 16.5 Å². The summed E-state index contributed by atoms with van der Waals surface area (Å²) in [6, 6.07) is 7.54. The number of aromatic nitrogens is 3. The average Bonchev–Trinajstić information content (AvgIpc) is 3.06. The first kappa shape index (κ1) is 20.4. The summed E-state index contributed by atoms with van der Waals surface area (Å²) in [6.45, 7) is 6.79. The molecule has 1 aromatic carbocycles. The summed E-state index contributed by atoms with van der Waals surface area (Å²) in [5, 5.41) is 4.95. The van der Waals surface area contributed by atoms with Crippen molar-refractivity contribution in [3.63, 3.8) is 0 Å². The summed E-state index contributed by atoms with van der Waals surface area (Å²) < 4.78 is 7.04. The Hall–Kier alpha value is -1.88. The second-order valence-corrected chi connectivity index (χ2v) is 6.86. The Bertz CT molecular complexity index is 715. The van der Waals surface area contributed by atoms with Gasteiger partial charge in [0.1, 0.15) is 0 Å². The number of nitrogens with zero attached hydrogens (tertiary/aromatic N) is 3. The zero-order chi connectivity index (χ0) is 18.9. The van der Waals surface area contributed by atoms with Crippen molar-refractivity contribution in [3.8, 4) is 17.4 Å². The van der Waals surface area contributed by atoms with E-state index in [4.69, 9.17) is 16.3 Å². The Balaban J connectivity index is 2.36. The van der Waals surface area contributed by atoms with Gasteiger partial charge in [-0.2, -0.15) is 9.67 Å². The molecular formula is C20H28ClN3O2. The molecule has 0 aliphatic carbocycles. The maximum absolute atomic E-state index is 13.1. The minimum Gasteiger partial charge on any atom is -0.462 e. The van der Waals surface area contributed by atoms with Crippen molar-refractivity contribution in [1.29, 1.82) is 0 Å². The van der Waals surface area contributed by atoms with Crippen LogP contribution in [0.1, 0.15) is 64.1 Å². The molecule has 5 nitrogen and oxygen atoms in total. The molecular weight excluding hydrogens is 350 g/mol. The van der Waals surface area contributed by atoms with Gasteiger partial charge < -0.3 is 4.74 Å². The molecule has 2 aromatic rings. The monoisotopic (exact) mass is 377 g/mol. The zero-order valence-electron chi connectivity index (χ0n) is 15.9. The molecule has 0 aliphatic heterocycles. The fourth-order valence-corrected chi connectivity index (χ4v) is 2.95. The van der Waals surface area contributed by atoms with Crippen LogP contribution in [0, 0.1) is 5.92 Å². The Morgan fingerprint density at radius 3 is 2.65 bits per heavy atom. The number of hydrogen-bond acceptors (Lipinski definition) is 4. The number of unbranched alkanes of at least 4 members (excludes halogenated alkanes) is 2. The summed E-state index contributed by atoms with van der Waals surface area (Å²) >= 11 is 6.12. The van der Waals surface area contributed by atoms with Gasteiger partial charge in [-0.15, -0.1) is 5.10 Å². The first-order chi connectivity index (χ1) is 12.6. The maximum Gasteiger partial charge on any atom is 0.336 e. The van der Waals surface area contributed by atoms with Crippen LogP contribution in [-0.4, -0.2) is 27.3 Å². The second-order valence-electron chi connectivity index (χ2n) is 6.43. The third-order valence-electron chi connectivity index (χ3n) is 4.36. The molecule has 1 atom stereocenters. The number of benzene rings is 1. The Morgan fingerprint density at radius 1 is 1.23 bits per heavy atom. The molecule has 0 N–H and O–H groups in total. The van der Waals surface area contributed by atoms with E-state index in [-0.39, 0.29) is 17.8 Å². The lowest BCUT2D eigenvalue weighted by molar-refractivity contribution is 0.0804. The highest BCUT2D eigenvalue weighted by molar-refractivity contribution is 6.30. The minimum atomic E-state index is -0.0712. The minimum absolute atomic E-state index is 0.0335. The van der Waals surface area contributed by atoms with Crippen molar-refractivity contribution in [2.24, 2.45) is 5.92 Å². The molecule has 2 rings (SSSR count). The van der Waals surface area contributed by atoms with E-state index in [1.807, 2.05) is 19.1 Å². The summed E-state index contributed by atoms with van der Waals surface area (Å²) in [7, 11) is 0. The molecule has 0 amide bonds. The Kier molecular flexibility index (Phi) is 8.10. The average molecular weight is 378 g/mol. The maximum atomic E-state index is 13.1. The molecule has 142 valence electrons. The third kappa shape index (κ3) is 5.31. The molecule has 0 saturated carbocycles. The normalized spacial score (nSPS) is 12.2. The van der Waals surface area contributed by atoms with Gasteiger partial charge in [-0.3, -0.25) is 4.79 Å². The van der Waals surface area contributed by atoms with Gasteiger partial charge in [0.05, 0.1) is 6.61 Å². The van der Waals surface area contributed by atoms with E-state index in [2.05, 4.69) is 23.9 Å². The van der Waals surface area contributed by atoms with Crippen LogP contribution in [0.2, 0.25) is 5.02 Å². The van der Waals surface area contributed by atoms with E-state index in [0.29, 0.717) is 17.5 Å². The standard InChI is InChI=1S/C20H28ClN3O2/c1-4-7-10-15(6-3)19(25)24-18(16-11-9-12-17(21)14-16)22-20(23-24)26-13-8-5-2/h9,11-12,14-15H,4-8,10,13H2,1-3H3. The number of carbonyl (C=O) groups is 1. The second kappa shape index (κ2) is 10.3. The molecule has 0 radical (unpaired) electrons. The van der Waals surface area contributed by atoms with Gasteiger partial charge >= 0.3 is 6.01 Å². The highest BCUT2D eigenvalue weighted by Crippen LogP contribution is 2.25. The van der Waals surface area contributed by atoms with E-state index >= 15 is 0 Å². The summed E-state index contributed by atoms with van der Waals surface area (Å²) in [5.74, 6) is 0.380. The van der Waals surface area contributed by atoms with E-state index in [1.54, 1.807) is 12.1 Å². The van der Waals surface area contributed by atoms with Crippen LogP contribution in [0.25, 0.3) is 11.4 Å². The predicted octanol–water partition coefficient (Wildman–Crippen LogP) is 5.63. The van der Waals surface area contributed by atoms with Crippen LogP contribution in [0.4, 0.5) is 0 Å². The van der Waals surface area contributed by atoms with Crippen LogP contribution in [0.3, 0.4) is 0 Å². The number of rotatable bonds is 10. The first-order valence-corrected chi connectivity index (χ1v) is 9.88. The van der Waals surface area contributed by atoms with Crippen LogP contribution < -0.4 is 4.74 Å². The topological polar surface area (TPSA) is 57.0 Å². The summed E-state index contributed by atoms with van der Waals surface area (Å²) in [5.41, 5.74) is 0.758. The van der Waals surface area contributed by atoms with Gasteiger partial charge in [-0.05, 0) is 31.4 Å². The van der Waals surface area contributed by atoms with E-state index in [1.165, 1.54) is 4.68 Å². The Morgan fingerprint density at radius 2 is 2.00 bits per heavy atom. The molecule has 0 spiro atoms.